The molecule has 7 rings (SSSR count). The first-order valence-electron chi connectivity index (χ1n) is 15.0. The van der Waals surface area contributed by atoms with Crippen molar-refractivity contribution in [2.45, 2.75) is 38.8 Å². The lowest BCUT2D eigenvalue weighted by molar-refractivity contribution is -0.147. The van der Waals surface area contributed by atoms with Gasteiger partial charge in [0.2, 0.25) is 13.1 Å². The van der Waals surface area contributed by atoms with Crippen molar-refractivity contribution in [1.29, 1.82) is 0 Å². The smallest absolute Gasteiger partial charge is 0.290 e. The van der Waals surface area contributed by atoms with Crippen LogP contribution in [0.25, 0.3) is 0 Å². The average molecular weight is 653 g/mol. The maximum Gasteiger partial charge on any atom is 0.290 e. The molecule has 3 aliphatic heterocycles. The van der Waals surface area contributed by atoms with Crippen molar-refractivity contribution in [3.63, 3.8) is 0 Å². The largest absolute Gasteiger partial charge is 0.459 e. The van der Waals surface area contributed by atoms with Crippen molar-refractivity contribution in [3.8, 4) is 11.5 Å². The molecule has 0 aromatic heterocycles. The summed E-state index contributed by atoms with van der Waals surface area (Å²) in [6.07, 6.45) is 1.47. The fourth-order valence-electron chi connectivity index (χ4n) is 5.83. The molecule has 3 aliphatic rings. The predicted octanol–water partition coefficient (Wildman–Crippen LogP) is 6.24. The monoisotopic (exact) mass is 652 g/mol. The zero-order valence-electron chi connectivity index (χ0n) is 25.2. The minimum absolute atomic E-state index is 0.0479. The molecule has 0 radical (unpaired) electrons. The zero-order valence-corrected chi connectivity index (χ0v) is 26.0. The molecule has 2 atom stereocenters. The van der Waals surface area contributed by atoms with Gasteiger partial charge in [-0.05, 0) is 83.8 Å². The summed E-state index contributed by atoms with van der Waals surface area (Å²) in [4.78, 5) is 40.9. The first-order valence-corrected chi connectivity index (χ1v) is 15.3. The molecule has 10 nitrogen and oxygen atoms in total. The molecule has 238 valence electrons. The van der Waals surface area contributed by atoms with Gasteiger partial charge in [0.15, 0.2) is 17.3 Å². The van der Waals surface area contributed by atoms with Gasteiger partial charge in [0.25, 0.3) is 17.7 Å². The van der Waals surface area contributed by atoms with E-state index >= 15 is 0 Å². The highest BCUT2D eigenvalue weighted by molar-refractivity contribution is 6.37. The summed E-state index contributed by atoms with van der Waals surface area (Å²) in [6.45, 7) is 2.10. The molecule has 3 amide bonds. The van der Waals surface area contributed by atoms with E-state index in [1.54, 1.807) is 43.3 Å². The quantitative estimate of drug-likeness (QED) is 0.215. The van der Waals surface area contributed by atoms with Gasteiger partial charge in [-0.3, -0.25) is 14.4 Å². The Morgan fingerprint density at radius 2 is 1.70 bits per heavy atom. The fourth-order valence-corrected chi connectivity index (χ4v) is 6.01. The molecule has 11 heteroatoms. The number of imide groups is 1. The van der Waals surface area contributed by atoms with Crippen LogP contribution in [0.2, 0.25) is 5.02 Å². The van der Waals surface area contributed by atoms with Gasteiger partial charge in [-0.25, -0.2) is 4.90 Å². The van der Waals surface area contributed by atoms with Crippen LogP contribution in [0.3, 0.4) is 0 Å². The van der Waals surface area contributed by atoms with E-state index in [0.717, 1.165) is 21.6 Å². The number of fused-ring (bicyclic) bond motifs is 2. The van der Waals surface area contributed by atoms with Crippen LogP contribution in [0.5, 0.6) is 11.5 Å². The van der Waals surface area contributed by atoms with Crippen LogP contribution in [-0.4, -0.2) is 35.9 Å². The van der Waals surface area contributed by atoms with Gasteiger partial charge in [-0.15, -0.1) is 0 Å². The fraction of sp³-hybridized carbons (Fsp3) is 0.194. The van der Waals surface area contributed by atoms with Crippen molar-refractivity contribution < 1.29 is 38.4 Å². The number of hydrogen-bond acceptors (Lipinski definition) is 8. The van der Waals surface area contributed by atoms with Gasteiger partial charge in [-0.1, -0.05) is 41.9 Å². The van der Waals surface area contributed by atoms with Gasteiger partial charge in [-0.2, -0.15) is 0 Å². The Bertz CT molecular complexity index is 1940. The van der Waals surface area contributed by atoms with E-state index < -0.39 is 24.0 Å². The minimum Gasteiger partial charge on any atom is -0.459 e. The first-order chi connectivity index (χ1) is 22.8. The molecule has 3 heterocycles. The number of benzene rings is 4. The molecule has 4 aromatic rings. The van der Waals surface area contributed by atoms with E-state index in [1.165, 1.54) is 6.07 Å². The number of allylic oxidation sites excluding steroid dienone is 1. The molecule has 47 heavy (non-hydrogen) atoms. The van der Waals surface area contributed by atoms with Crippen molar-refractivity contribution in [1.82, 2.24) is 0 Å². The second-order valence-corrected chi connectivity index (χ2v) is 11.8. The third-order valence-electron chi connectivity index (χ3n) is 8.29. The Morgan fingerprint density at radius 1 is 0.936 bits per heavy atom. The number of nitrogens with one attached hydrogen (secondary N) is 1. The summed E-state index contributed by atoms with van der Waals surface area (Å²) in [7, 11) is 0. The van der Waals surface area contributed by atoms with Gasteiger partial charge in [0, 0.05) is 23.0 Å². The van der Waals surface area contributed by atoms with E-state index in [4.69, 9.17) is 30.5 Å². The standard InChI is InChI=1S/C36H29ClN2O8/c1-20-12-26(8-10-29(20)39-35(42)27-9-7-25(37)16-28(27)36(39)43)38-34(41)32-14-24(23-6-11-30-31(13-23)46-19-45-30)15-33(47-32)44-18-22-4-2-21(17-40)3-5-22/h2-14,16,24,33,40H,15,17-19H2,1H3,(H,38,41). The van der Waals surface area contributed by atoms with Crippen LogP contribution in [0, 0.1) is 6.92 Å². The zero-order chi connectivity index (χ0) is 32.7. The Kier molecular flexibility index (Phi) is 8.15. The number of aryl methyl sites for hydroxylation is 1. The summed E-state index contributed by atoms with van der Waals surface area (Å²) in [5, 5.41) is 12.6. The maximum absolute atomic E-state index is 13.6. The number of halogens is 1. The lowest BCUT2D eigenvalue weighted by atomic mass is 9.92. The number of aliphatic hydroxyl groups excluding tert-OH is 1. The van der Waals surface area contributed by atoms with Crippen LogP contribution >= 0.6 is 11.6 Å². The Labute approximate surface area is 275 Å². The second-order valence-electron chi connectivity index (χ2n) is 11.4. The predicted molar refractivity (Wildman–Crippen MR) is 172 cm³/mol. The number of carbonyl (C=O) groups excluding carboxylic acids is 3. The lowest BCUT2D eigenvalue weighted by Gasteiger charge is -2.29. The van der Waals surface area contributed by atoms with E-state index in [9.17, 15) is 19.5 Å². The minimum atomic E-state index is -0.736. The first kappa shape index (κ1) is 30.5. The highest BCUT2D eigenvalue weighted by Crippen LogP contribution is 2.39. The number of amides is 3. The highest BCUT2D eigenvalue weighted by atomic mass is 35.5. The molecule has 0 spiro atoms. The van der Waals surface area contributed by atoms with Crippen LogP contribution in [-0.2, 0) is 27.5 Å². The molecule has 0 fully saturated rings. The van der Waals surface area contributed by atoms with E-state index in [1.807, 2.05) is 42.5 Å². The Morgan fingerprint density at radius 3 is 2.49 bits per heavy atom. The molecule has 0 bridgehead atoms. The summed E-state index contributed by atoms with van der Waals surface area (Å²) in [5.41, 5.74) is 4.59. The molecule has 4 aromatic carbocycles. The summed E-state index contributed by atoms with van der Waals surface area (Å²) < 4.78 is 23.2. The van der Waals surface area contributed by atoms with Crippen LogP contribution in [0.1, 0.15) is 55.3 Å². The number of ether oxygens (including phenoxy) is 4. The Balaban J connectivity index is 1.10. The SMILES string of the molecule is Cc1cc(NC(=O)C2=CC(c3ccc4c(c3)OCO4)CC(OCc3ccc(CO)cc3)O2)ccc1N1C(=O)c2ccc(Cl)cc2C1=O. The number of aliphatic hydroxyl groups is 1. The van der Waals surface area contributed by atoms with Crippen LogP contribution < -0.4 is 19.7 Å². The second kappa shape index (κ2) is 12.6. The molecule has 0 aliphatic carbocycles. The third-order valence-corrected chi connectivity index (χ3v) is 8.53. The third kappa shape index (κ3) is 6.06. The number of nitrogens with zero attached hydrogens (tertiary/aromatic N) is 1. The number of carbonyl (C=O) groups is 3. The van der Waals surface area contributed by atoms with Crippen molar-refractivity contribution in [2.75, 3.05) is 17.0 Å². The average Bonchev–Trinajstić information content (AvgIpc) is 3.65. The Hall–Kier alpha value is -5.16. The van der Waals surface area contributed by atoms with E-state index in [2.05, 4.69) is 5.32 Å². The number of rotatable bonds is 8. The molecule has 0 saturated carbocycles. The number of hydrogen-bond donors (Lipinski definition) is 2. The summed E-state index contributed by atoms with van der Waals surface area (Å²) in [5.74, 6) is -0.243. The molecule has 2 unspecified atom stereocenters. The molecule has 2 N–H and O–H groups in total. The van der Waals surface area contributed by atoms with Crippen LogP contribution in [0.4, 0.5) is 11.4 Å². The molecule has 0 saturated heterocycles. The van der Waals surface area contributed by atoms with Crippen LogP contribution in [0.15, 0.2) is 90.7 Å². The topological polar surface area (TPSA) is 124 Å². The summed E-state index contributed by atoms with van der Waals surface area (Å²) in [6, 6.07) is 22.6. The molecular weight excluding hydrogens is 624 g/mol. The highest BCUT2D eigenvalue weighted by Gasteiger charge is 2.37. The van der Waals surface area contributed by atoms with Gasteiger partial charge in [0.1, 0.15) is 0 Å². The normalized spacial score (nSPS) is 18.1. The molecular formula is C36H29ClN2O8. The van der Waals surface area contributed by atoms with Gasteiger partial charge >= 0.3 is 0 Å². The van der Waals surface area contributed by atoms with E-state index in [-0.39, 0.29) is 42.8 Å². The maximum atomic E-state index is 13.6. The van der Waals surface area contributed by atoms with Crippen molar-refractivity contribution >= 4 is 40.7 Å². The number of anilines is 2. The van der Waals surface area contributed by atoms with E-state index in [0.29, 0.717) is 39.9 Å². The van der Waals surface area contributed by atoms with Crippen molar-refractivity contribution in [2.24, 2.45) is 0 Å². The van der Waals surface area contributed by atoms with Gasteiger partial charge in [0.05, 0.1) is 30.0 Å². The van der Waals surface area contributed by atoms with Gasteiger partial charge < -0.3 is 29.4 Å². The lowest BCUT2D eigenvalue weighted by Crippen LogP contribution is -2.30. The summed E-state index contributed by atoms with van der Waals surface area (Å²) >= 11 is 6.06. The van der Waals surface area contributed by atoms with Crippen molar-refractivity contribution in [3.05, 3.63) is 129 Å².